The van der Waals surface area contributed by atoms with Gasteiger partial charge in [-0.2, -0.15) is 10.1 Å². The number of ether oxygens (including phenoxy) is 2. The molecule has 1 atom stereocenters. The molecule has 208 valence electrons. The lowest BCUT2D eigenvalue weighted by atomic mass is 10.1. The molecule has 1 fully saturated rings. The second-order valence-corrected chi connectivity index (χ2v) is 9.45. The first-order valence-electron chi connectivity index (χ1n) is 12.8. The maximum atomic E-state index is 9.80. The molecule has 1 unspecified atom stereocenters. The van der Waals surface area contributed by atoms with E-state index in [4.69, 9.17) is 9.47 Å². The molecule has 0 bridgehead atoms. The number of pyridine rings is 1. The van der Waals surface area contributed by atoms with Gasteiger partial charge in [-0.3, -0.25) is 0 Å². The molecule has 1 saturated heterocycles. The molecule has 1 aliphatic heterocycles. The predicted octanol–water partition coefficient (Wildman–Crippen LogP) is 2.84. The number of nitrogens with one attached hydrogen (secondary N) is 3. The minimum Gasteiger partial charge on any atom is -0.494 e. The summed E-state index contributed by atoms with van der Waals surface area (Å²) in [5, 5.41) is 28.8. The number of fused-ring (bicyclic) bond motifs is 1. The molecular formula is C26H27N13O2. The number of tetrazole rings is 1. The zero-order chi connectivity index (χ0) is 28.5. The van der Waals surface area contributed by atoms with E-state index in [1.807, 2.05) is 36.1 Å². The summed E-state index contributed by atoms with van der Waals surface area (Å²) in [4.78, 5) is 24.9. The summed E-state index contributed by atoms with van der Waals surface area (Å²) in [5.74, 6) is 3.07. The van der Waals surface area contributed by atoms with Crippen molar-refractivity contribution < 1.29 is 9.47 Å². The van der Waals surface area contributed by atoms with Crippen molar-refractivity contribution in [3.8, 4) is 23.2 Å². The number of imidazole rings is 1. The Morgan fingerprint density at radius 1 is 1.12 bits per heavy atom. The van der Waals surface area contributed by atoms with Gasteiger partial charge in [0.1, 0.15) is 23.2 Å². The van der Waals surface area contributed by atoms with E-state index in [0.29, 0.717) is 69.5 Å². The molecule has 5 heterocycles. The number of methoxy groups -OCH3 is 2. The number of aromatic amines is 1. The second kappa shape index (κ2) is 10.7. The first kappa shape index (κ1) is 25.9. The first-order valence-corrected chi connectivity index (χ1v) is 12.8. The highest BCUT2D eigenvalue weighted by Gasteiger charge is 2.26. The first-order chi connectivity index (χ1) is 19.9. The fourth-order valence-electron chi connectivity index (χ4n) is 4.83. The highest BCUT2D eigenvalue weighted by atomic mass is 16.5. The van der Waals surface area contributed by atoms with Crippen LogP contribution in [0.2, 0.25) is 0 Å². The van der Waals surface area contributed by atoms with E-state index in [1.54, 1.807) is 27.5 Å². The monoisotopic (exact) mass is 553 g/mol. The Balaban J connectivity index is 1.33. The SMILES string of the molecule is COc1c(Nc2cc(Nc3cnc(N4CCC(OC)C4)c(C#N)n3)nc3nc(C)[nH]c23)cccc1-c1nnn(C)n1. The van der Waals surface area contributed by atoms with Crippen LogP contribution in [0.5, 0.6) is 5.75 Å². The quantitative estimate of drug-likeness (QED) is 0.255. The number of nitrogens with zero attached hydrogens (tertiary/aromatic N) is 10. The molecule has 0 amide bonds. The van der Waals surface area contributed by atoms with Crippen molar-refractivity contribution in [3.63, 3.8) is 0 Å². The fraction of sp³-hybridized carbons (Fsp3) is 0.308. The van der Waals surface area contributed by atoms with Gasteiger partial charge in [0.25, 0.3) is 0 Å². The number of anilines is 5. The van der Waals surface area contributed by atoms with E-state index >= 15 is 0 Å². The van der Waals surface area contributed by atoms with Gasteiger partial charge < -0.3 is 30.0 Å². The smallest absolute Gasteiger partial charge is 0.208 e. The Labute approximate surface area is 234 Å². The number of rotatable bonds is 8. The summed E-state index contributed by atoms with van der Waals surface area (Å²) in [6.45, 7) is 3.27. The Kier molecular flexibility index (Phi) is 6.73. The summed E-state index contributed by atoms with van der Waals surface area (Å²) < 4.78 is 11.2. The normalized spacial score (nSPS) is 14.8. The molecule has 5 aromatic rings. The number of para-hydroxylation sites is 1. The van der Waals surface area contributed by atoms with Crippen LogP contribution in [0, 0.1) is 18.3 Å². The molecule has 41 heavy (non-hydrogen) atoms. The van der Waals surface area contributed by atoms with Gasteiger partial charge in [0, 0.05) is 26.3 Å². The number of hydrogen-bond acceptors (Lipinski definition) is 13. The van der Waals surface area contributed by atoms with Crippen LogP contribution in [0.4, 0.5) is 28.8 Å². The highest BCUT2D eigenvalue weighted by Crippen LogP contribution is 2.38. The Bertz CT molecular complexity index is 1770. The Morgan fingerprint density at radius 3 is 2.73 bits per heavy atom. The van der Waals surface area contributed by atoms with Crippen molar-refractivity contribution in [2.24, 2.45) is 7.05 Å². The Morgan fingerprint density at radius 2 is 2.00 bits per heavy atom. The largest absolute Gasteiger partial charge is 0.494 e. The third-order valence-corrected chi connectivity index (χ3v) is 6.71. The van der Waals surface area contributed by atoms with Gasteiger partial charge >= 0.3 is 0 Å². The average Bonchev–Trinajstić information content (AvgIpc) is 3.72. The van der Waals surface area contributed by atoms with Gasteiger partial charge in [-0.25, -0.2) is 19.9 Å². The predicted molar refractivity (Wildman–Crippen MR) is 150 cm³/mol. The van der Waals surface area contributed by atoms with Gasteiger partial charge in [-0.15, -0.1) is 10.2 Å². The van der Waals surface area contributed by atoms with Crippen LogP contribution in [0.25, 0.3) is 22.6 Å². The summed E-state index contributed by atoms with van der Waals surface area (Å²) in [7, 11) is 4.98. The highest BCUT2D eigenvalue weighted by molar-refractivity contribution is 5.92. The summed E-state index contributed by atoms with van der Waals surface area (Å²) in [6, 6.07) is 9.61. The van der Waals surface area contributed by atoms with Crippen molar-refractivity contribution >= 4 is 40.0 Å². The van der Waals surface area contributed by atoms with Crippen LogP contribution in [0.15, 0.2) is 30.5 Å². The maximum absolute atomic E-state index is 9.80. The molecule has 0 saturated carbocycles. The summed E-state index contributed by atoms with van der Waals surface area (Å²) in [6.07, 6.45) is 2.57. The summed E-state index contributed by atoms with van der Waals surface area (Å²) in [5.41, 5.74) is 3.48. The second-order valence-electron chi connectivity index (χ2n) is 9.45. The van der Waals surface area contributed by atoms with E-state index < -0.39 is 0 Å². The van der Waals surface area contributed by atoms with Crippen molar-refractivity contribution in [1.29, 1.82) is 5.26 Å². The van der Waals surface area contributed by atoms with E-state index in [9.17, 15) is 5.26 Å². The van der Waals surface area contributed by atoms with Crippen molar-refractivity contribution in [3.05, 3.63) is 42.0 Å². The summed E-state index contributed by atoms with van der Waals surface area (Å²) >= 11 is 0. The molecule has 3 N–H and O–H groups in total. The molecule has 15 nitrogen and oxygen atoms in total. The molecule has 0 aliphatic carbocycles. The number of aryl methyl sites for hydroxylation is 2. The van der Waals surface area contributed by atoms with Gasteiger partial charge in [0.05, 0.1) is 43.4 Å². The number of benzene rings is 1. The number of hydrogen-bond donors (Lipinski definition) is 3. The lowest BCUT2D eigenvalue weighted by Gasteiger charge is -2.18. The van der Waals surface area contributed by atoms with Crippen LogP contribution in [-0.4, -0.2) is 78.5 Å². The van der Waals surface area contributed by atoms with Gasteiger partial charge in [-0.1, -0.05) is 6.07 Å². The van der Waals surface area contributed by atoms with E-state index in [2.05, 4.69) is 57.0 Å². The van der Waals surface area contributed by atoms with Crippen LogP contribution >= 0.6 is 0 Å². The third-order valence-electron chi connectivity index (χ3n) is 6.71. The minimum atomic E-state index is 0.108. The van der Waals surface area contributed by atoms with Crippen LogP contribution < -0.4 is 20.3 Å². The standard InChI is InChI=1S/C26H27N13O2/c1-14-29-22-18(31-17-7-5-6-16(23(17)41-4)24-35-37-38(2)36-24)10-20(34-25(22)30-14)33-21-12-28-26(19(11-27)32-21)39-9-8-15(13-39)40-3/h5-7,10,12,15H,8-9,13H2,1-4H3,(H3,29,30,31,32,33,34). The van der Waals surface area contributed by atoms with Gasteiger partial charge in [0.2, 0.25) is 5.82 Å². The Hall–Kier alpha value is -5.36. The lowest BCUT2D eigenvalue weighted by molar-refractivity contribution is 0.121. The van der Waals surface area contributed by atoms with Crippen LogP contribution in [-0.2, 0) is 11.8 Å². The van der Waals surface area contributed by atoms with Gasteiger partial charge in [0.15, 0.2) is 28.7 Å². The molecule has 1 aromatic carbocycles. The van der Waals surface area contributed by atoms with Crippen LogP contribution in [0.1, 0.15) is 17.9 Å². The molecule has 15 heteroatoms. The van der Waals surface area contributed by atoms with E-state index in [-0.39, 0.29) is 11.8 Å². The molecular weight excluding hydrogens is 526 g/mol. The maximum Gasteiger partial charge on any atom is 0.208 e. The number of H-pyrrole nitrogens is 1. The fourth-order valence-corrected chi connectivity index (χ4v) is 4.83. The molecule has 1 aliphatic rings. The number of aromatic nitrogens is 9. The van der Waals surface area contributed by atoms with Crippen molar-refractivity contribution in [1.82, 2.24) is 45.1 Å². The van der Waals surface area contributed by atoms with Gasteiger partial charge in [-0.05, 0) is 30.7 Å². The number of nitriles is 1. The van der Waals surface area contributed by atoms with E-state index in [0.717, 1.165) is 13.0 Å². The zero-order valence-corrected chi connectivity index (χ0v) is 22.9. The molecule has 0 radical (unpaired) electrons. The topological polar surface area (TPSA) is 180 Å². The van der Waals surface area contributed by atoms with Crippen molar-refractivity contribution in [2.45, 2.75) is 19.4 Å². The van der Waals surface area contributed by atoms with Crippen LogP contribution in [0.3, 0.4) is 0 Å². The molecule has 6 rings (SSSR count). The molecule has 4 aromatic heterocycles. The minimum absolute atomic E-state index is 0.108. The van der Waals surface area contributed by atoms with Crippen molar-refractivity contribution in [2.75, 3.05) is 42.8 Å². The van der Waals surface area contributed by atoms with E-state index in [1.165, 1.54) is 4.80 Å². The lowest BCUT2D eigenvalue weighted by Crippen LogP contribution is -2.24. The third kappa shape index (κ3) is 5.03. The average molecular weight is 554 g/mol. The molecule has 0 spiro atoms. The zero-order valence-electron chi connectivity index (χ0n) is 22.9.